The number of sulfonamides is 1. The molecule has 2 aromatic rings. The highest BCUT2D eigenvalue weighted by molar-refractivity contribution is 7.92. The van der Waals surface area contributed by atoms with Crippen LogP contribution in [0.4, 0.5) is 5.69 Å². The van der Waals surface area contributed by atoms with Crippen molar-refractivity contribution in [2.45, 2.75) is 13.5 Å². The molecule has 8 nitrogen and oxygen atoms in total. The molecule has 0 spiro atoms. The van der Waals surface area contributed by atoms with E-state index in [1.807, 2.05) is 31.2 Å². The molecule has 1 N–H and O–H groups in total. The van der Waals surface area contributed by atoms with Crippen LogP contribution in [-0.2, 0) is 21.4 Å². The van der Waals surface area contributed by atoms with Crippen molar-refractivity contribution in [1.82, 2.24) is 5.32 Å². The number of benzene rings is 2. The molecule has 3 rings (SSSR count). The molecule has 0 aliphatic carbocycles. The second kappa shape index (κ2) is 8.39. The largest absolute Gasteiger partial charge is 0.494 e. The van der Waals surface area contributed by atoms with Crippen LogP contribution in [-0.4, -0.2) is 40.5 Å². The summed E-state index contributed by atoms with van der Waals surface area (Å²) in [6, 6.07) is 12.1. The number of amides is 1. The summed E-state index contributed by atoms with van der Waals surface area (Å²) >= 11 is 0. The molecule has 150 valence electrons. The monoisotopic (exact) mass is 406 g/mol. The Morgan fingerprint density at radius 2 is 1.96 bits per heavy atom. The van der Waals surface area contributed by atoms with Crippen LogP contribution in [0.2, 0.25) is 0 Å². The lowest BCUT2D eigenvalue weighted by Crippen LogP contribution is -2.40. The van der Waals surface area contributed by atoms with E-state index in [9.17, 15) is 13.2 Å². The van der Waals surface area contributed by atoms with Gasteiger partial charge >= 0.3 is 0 Å². The van der Waals surface area contributed by atoms with Crippen molar-refractivity contribution in [2.24, 2.45) is 0 Å². The normalized spacial score (nSPS) is 12.5. The van der Waals surface area contributed by atoms with Crippen molar-refractivity contribution in [1.29, 1.82) is 0 Å². The summed E-state index contributed by atoms with van der Waals surface area (Å²) in [5.74, 6) is 1.27. The van der Waals surface area contributed by atoms with Gasteiger partial charge in [0.2, 0.25) is 22.7 Å². The van der Waals surface area contributed by atoms with Crippen LogP contribution in [0.15, 0.2) is 42.5 Å². The first-order valence-electron chi connectivity index (χ1n) is 8.72. The average molecular weight is 406 g/mol. The maximum absolute atomic E-state index is 12.4. The molecule has 1 aliphatic rings. The van der Waals surface area contributed by atoms with E-state index in [1.165, 1.54) is 0 Å². The predicted octanol–water partition coefficient (Wildman–Crippen LogP) is 1.90. The third kappa shape index (κ3) is 4.86. The molecule has 1 aliphatic heterocycles. The van der Waals surface area contributed by atoms with E-state index in [2.05, 4.69) is 5.32 Å². The molecular weight excluding hydrogens is 384 g/mol. The topological polar surface area (TPSA) is 94.2 Å². The molecule has 28 heavy (non-hydrogen) atoms. The summed E-state index contributed by atoms with van der Waals surface area (Å²) in [5.41, 5.74) is 1.19. The summed E-state index contributed by atoms with van der Waals surface area (Å²) in [6.45, 7) is 2.44. The predicted molar refractivity (Wildman–Crippen MR) is 104 cm³/mol. The second-order valence-electron chi connectivity index (χ2n) is 6.16. The van der Waals surface area contributed by atoms with Crippen LogP contribution < -0.4 is 23.8 Å². The number of carbonyl (C=O) groups excluding carboxylic acids is 1. The molecule has 0 saturated heterocycles. The zero-order valence-electron chi connectivity index (χ0n) is 15.7. The number of carbonyl (C=O) groups is 1. The minimum Gasteiger partial charge on any atom is -0.494 e. The molecule has 2 aromatic carbocycles. The van der Waals surface area contributed by atoms with E-state index in [0.717, 1.165) is 16.1 Å². The van der Waals surface area contributed by atoms with Crippen molar-refractivity contribution in [3.63, 3.8) is 0 Å². The summed E-state index contributed by atoms with van der Waals surface area (Å²) in [6.07, 6.45) is 1.05. The van der Waals surface area contributed by atoms with Crippen LogP contribution in [0.25, 0.3) is 0 Å². The first-order chi connectivity index (χ1) is 13.4. The van der Waals surface area contributed by atoms with Gasteiger partial charge in [0.15, 0.2) is 11.5 Å². The van der Waals surface area contributed by atoms with Gasteiger partial charge in [-0.3, -0.25) is 9.10 Å². The van der Waals surface area contributed by atoms with E-state index in [0.29, 0.717) is 29.5 Å². The first-order valence-corrected chi connectivity index (χ1v) is 10.6. The van der Waals surface area contributed by atoms with Gasteiger partial charge in [-0.2, -0.15) is 0 Å². The summed E-state index contributed by atoms with van der Waals surface area (Å²) in [4.78, 5) is 12.4. The Morgan fingerprint density at radius 3 is 2.71 bits per heavy atom. The van der Waals surface area contributed by atoms with Gasteiger partial charge in [0.1, 0.15) is 12.3 Å². The molecule has 9 heteroatoms. The molecule has 0 unspecified atom stereocenters. The lowest BCUT2D eigenvalue weighted by atomic mass is 10.2. The van der Waals surface area contributed by atoms with Crippen molar-refractivity contribution in [3.05, 3.63) is 48.0 Å². The number of anilines is 1. The number of hydrogen-bond donors (Lipinski definition) is 1. The number of ether oxygens (including phenoxy) is 3. The summed E-state index contributed by atoms with van der Waals surface area (Å²) in [7, 11) is -3.67. The van der Waals surface area contributed by atoms with Gasteiger partial charge < -0.3 is 19.5 Å². The fourth-order valence-electron chi connectivity index (χ4n) is 2.74. The van der Waals surface area contributed by atoms with Gasteiger partial charge in [-0.05, 0) is 36.8 Å². The van der Waals surface area contributed by atoms with Crippen LogP contribution in [0.1, 0.15) is 12.5 Å². The molecule has 0 atom stereocenters. The highest BCUT2D eigenvalue weighted by Gasteiger charge is 2.23. The fourth-order valence-corrected chi connectivity index (χ4v) is 3.59. The minimum atomic E-state index is -3.67. The Kier molecular flexibility index (Phi) is 5.93. The quantitative estimate of drug-likeness (QED) is 0.720. The lowest BCUT2D eigenvalue weighted by Gasteiger charge is -2.22. The van der Waals surface area contributed by atoms with Crippen LogP contribution >= 0.6 is 0 Å². The van der Waals surface area contributed by atoms with Crippen LogP contribution in [0, 0.1) is 0 Å². The van der Waals surface area contributed by atoms with Crippen LogP contribution in [0.3, 0.4) is 0 Å². The van der Waals surface area contributed by atoms with Crippen molar-refractivity contribution >= 4 is 21.6 Å². The molecule has 0 fully saturated rings. The zero-order valence-corrected chi connectivity index (χ0v) is 16.5. The number of hydrogen-bond acceptors (Lipinski definition) is 6. The summed E-state index contributed by atoms with van der Waals surface area (Å²) < 4.78 is 41.4. The maximum Gasteiger partial charge on any atom is 0.241 e. The highest BCUT2D eigenvalue weighted by atomic mass is 32.2. The van der Waals surface area contributed by atoms with Gasteiger partial charge in [0.25, 0.3) is 0 Å². The summed E-state index contributed by atoms with van der Waals surface area (Å²) in [5, 5.41) is 2.74. The second-order valence-corrected chi connectivity index (χ2v) is 8.07. The average Bonchev–Trinajstić information content (AvgIpc) is 3.12. The Bertz CT molecular complexity index is 961. The van der Waals surface area contributed by atoms with Gasteiger partial charge in [0.05, 0.1) is 18.6 Å². The van der Waals surface area contributed by atoms with E-state index >= 15 is 0 Å². The standard InChI is InChI=1S/C19H22N2O6S/c1-3-25-16-6-4-5-14(9-16)11-20-19(22)12-21(28(2,23)24)15-7-8-17-18(10-15)27-13-26-17/h4-10H,3,11-13H2,1-2H3,(H,20,22). The van der Waals surface area contributed by atoms with Crippen molar-refractivity contribution < 1.29 is 27.4 Å². The van der Waals surface area contributed by atoms with Crippen molar-refractivity contribution in [3.8, 4) is 17.2 Å². The highest BCUT2D eigenvalue weighted by Crippen LogP contribution is 2.36. The molecule has 1 amide bonds. The van der Waals surface area contributed by atoms with Crippen molar-refractivity contribution in [2.75, 3.05) is 30.5 Å². The molecule has 0 bridgehead atoms. The Labute approximate surface area is 164 Å². The molecular formula is C19H22N2O6S. The van der Waals surface area contributed by atoms with E-state index in [-0.39, 0.29) is 19.9 Å². The SMILES string of the molecule is CCOc1cccc(CNC(=O)CN(c2ccc3c(c2)OCO3)S(C)(=O)=O)c1. The number of nitrogens with zero attached hydrogens (tertiary/aromatic N) is 1. The Morgan fingerprint density at radius 1 is 1.18 bits per heavy atom. The lowest BCUT2D eigenvalue weighted by molar-refractivity contribution is -0.119. The third-order valence-corrected chi connectivity index (χ3v) is 5.17. The maximum atomic E-state index is 12.4. The minimum absolute atomic E-state index is 0.0823. The Balaban J connectivity index is 1.68. The van der Waals surface area contributed by atoms with Gasteiger partial charge in [-0.1, -0.05) is 12.1 Å². The van der Waals surface area contributed by atoms with E-state index in [4.69, 9.17) is 14.2 Å². The fraction of sp³-hybridized carbons (Fsp3) is 0.316. The zero-order chi connectivity index (χ0) is 20.1. The molecule has 0 radical (unpaired) electrons. The smallest absolute Gasteiger partial charge is 0.241 e. The van der Waals surface area contributed by atoms with E-state index in [1.54, 1.807) is 18.2 Å². The van der Waals surface area contributed by atoms with Gasteiger partial charge in [0, 0.05) is 12.6 Å². The number of rotatable bonds is 8. The number of nitrogens with one attached hydrogen (secondary N) is 1. The molecule has 0 aromatic heterocycles. The Hall–Kier alpha value is -2.94. The molecule has 0 saturated carbocycles. The molecule has 1 heterocycles. The van der Waals surface area contributed by atoms with Crippen LogP contribution in [0.5, 0.6) is 17.2 Å². The number of fused-ring (bicyclic) bond motifs is 1. The third-order valence-electron chi connectivity index (χ3n) is 4.03. The first kappa shape index (κ1) is 19.8. The van der Waals surface area contributed by atoms with E-state index < -0.39 is 15.9 Å². The van der Waals surface area contributed by atoms with Gasteiger partial charge in [-0.25, -0.2) is 8.42 Å². The van der Waals surface area contributed by atoms with Gasteiger partial charge in [-0.15, -0.1) is 0 Å².